The standard InChI is InChI=1S/C4H7.ClH.Hg/c1-3-4-2;;/h1,3H,4H2,2H3;1H;/q;;+1/p-1. The van der Waals surface area contributed by atoms with Crippen molar-refractivity contribution in [2.24, 2.45) is 0 Å². The minimum atomic E-state index is -0.877. The van der Waals surface area contributed by atoms with Crippen LogP contribution in [0.2, 0.25) is 0 Å². The maximum atomic E-state index is 5.52. The van der Waals surface area contributed by atoms with Gasteiger partial charge in [0.25, 0.3) is 0 Å². The summed E-state index contributed by atoms with van der Waals surface area (Å²) in [5, 5.41) is 0. The molecule has 0 aromatic heterocycles. The fourth-order valence-electron chi connectivity index (χ4n) is 0.230. The van der Waals surface area contributed by atoms with Crippen LogP contribution >= 0.6 is 8.25 Å². The molecule has 32 valence electrons. The zero-order valence-electron chi connectivity index (χ0n) is 3.95. The van der Waals surface area contributed by atoms with Gasteiger partial charge in [-0.05, 0) is 0 Å². The Morgan fingerprint density at radius 1 is 1.83 bits per heavy atom. The monoisotopic (exact) mass is 292 g/mol. The van der Waals surface area contributed by atoms with Gasteiger partial charge in [0.05, 0.1) is 0 Å². The van der Waals surface area contributed by atoms with Gasteiger partial charge in [0.1, 0.15) is 0 Å². The second kappa shape index (κ2) is 5.97. The SMILES string of the molecule is CC/C=[CH]/[Hg][Cl]. The second-order valence-electron chi connectivity index (χ2n) is 1.03. The third kappa shape index (κ3) is 4.97. The molecule has 2 heteroatoms. The van der Waals surface area contributed by atoms with Gasteiger partial charge in [-0.3, -0.25) is 0 Å². The van der Waals surface area contributed by atoms with Crippen molar-refractivity contribution >= 4 is 8.25 Å². The van der Waals surface area contributed by atoms with E-state index >= 15 is 0 Å². The van der Waals surface area contributed by atoms with Crippen LogP contribution in [-0.4, -0.2) is 0 Å². The van der Waals surface area contributed by atoms with Gasteiger partial charge in [0.2, 0.25) is 0 Å². The van der Waals surface area contributed by atoms with Gasteiger partial charge >= 0.3 is 54.6 Å². The molecule has 0 aliphatic rings. The summed E-state index contributed by atoms with van der Waals surface area (Å²) in [7, 11) is 5.52. The van der Waals surface area contributed by atoms with E-state index in [0.717, 1.165) is 6.42 Å². The molecule has 0 nitrogen and oxygen atoms in total. The van der Waals surface area contributed by atoms with Gasteiger partial charge in [-0.25, -0.2) is 0 Å². The molecule has 0 N–H and O–H groups in total. The zero-order valence-corrected chi connectivity index (χ0v) is 10.2. The molecule has 0 aliphatic carbocycles. The Morgan fingerprint density at radius 3 is 2.67 bits per heavy atom. The fourth-order valence-corrected chi connectivity index (χ4v) is 3.12. The van der Waals surface area contributed by atoms with Crippen molar-refractivity contribution in [3.8, 4) is 0 Å². The molecule has 0 fully saturated rings. The molecule has 0 bridgehead atoms. The molecular formula is C4H7ClHg. The first-order valence-electron chi connectivity index (χ1n) is 2.12. The molecule has 0 atom stereocenters. The van der Waals surface area contributed by atoms with Gasteiger partial charge in [0.15, 0.2) is 0 Å². The topological polar surface area (TPSA) is 0 Å². The van der Waals surface area contributed by atoms with E-state index < -0.39 is 23.3 Å². The molecule has 0 saturated heterocycles. The van der Waals surface area contributed by atoms with Crippen LogP contribution in [0, 0.1) is 0 Å². The Balaban J connectivity index is 2.73. The predicted octanol–water partition coefficient (Wildman–Crippen LogP) is 2.15. The first-order chi connectivity index (χ1) is 2.91. The van der Waals surface area contributed by atoms with Crippen molar-refractivity contribution < 1.29 is 23.3 Å². The van der Waals surface area contributed by atoms with Crippen LogP contribution in [0.4, 0.5) is 0 Å². The van der Waals surface area contributed by atoms with Gasteiger partial charge in [-0.15, -0.1) is 0 Å². The molecule has 0 heterocycles. The average Bonchev–Trinajstić information content (AvgIpc) is 1.61. The summed E-state index contributed by atoms with van der Waals surface area (Å²) in [4.78, 5) is 0. The zero-order chi connectivity index (χ0) is 4.83. The van der Waals surface area contributed by atoms with Crippen LogP contribution in [0.25, 0.3) is 0 Å². The van der Waals surface area contributed by atoms with Crippen molar-refractivity contribution in [1.29, 1.82) is 0 Å². The molecule has 0 spiro atoms. The van der Waals surface area contributed by atoms with Crippen LogP contribution in [0.1, 0.15) is 13.3 Å². The van der Waals surface area contributed by atoms with E-state index in [2.05, 4.69) is 16.6 Å². The van der Waals surface area contributed by atoms with Gasteiger partial charge in [-0.1, -0.05) is 0 Å². The molecule has 0 aromatic rings. The van der Waals surface area contributed by atoms with Crippen molar-refractivity contribution in [3.63, 3.8) is 0 Å². The van der Waals surface area contributed by atoms with Crippen molar-refractivity contribution in [1.82, 2.24) is 0 Å². The van der Waals surface area contributed by atoms with Gasteiger partial charge in [0, 0.05) is 0 Å². The first kappa shape index (κ1) is 6.97. The van der Waals surface area contributed by atoms with Crippen molar-refractivity contribution in [3.05, 3.63) is 9.66 Å². The quantitative estimate of drug-likeness (QED) is 0.684. The Hall–Kier alpha value is 0.965. The summed E-state index contributed by atoms with van der Waals surface area (Å²) in [6, 6.07) is 0. The predicted molar refractivity (Wildman–Crippen MR) is 25.3 cm³/mol. The van der Waals surface area contributed by atoms with Gasteiger partial charge in [-0.2, -0.15) is 0 Å². The number of halogens is 1. The van der Waals surface area contributed by atoms with E-state index in [-0.39, 0.29) is 0 Å². The average molecular weight is 291 g/mol. The van der Waals surface area contributed by atoms with Crippen molar-refractivity contribution in [2.75, 3.05) is 0 Å². The molecule has 6 heavy (non-hydrogen) atoms. The maximum absolute atomic E-state index is 5.52. The van der Waals surface area contributed by atoms with Crippen LogP contribution in [-0.2, 0) is 23.3 Å². The van der Waals surface area contributed by atoms with E-state index in [4.69, 9.17) is 8.25 Å². The molecule has 0 rings (SSSR count). The summed E-state index contributed by atoms with van der Waals surface area (Å²) >= 11 is -0.877. The molecule has 0 radical (unpaired) electrons. The molecular weight excluding hydrogens is 284 g/mol. The van der Waals surface area contributed by atoms with E-state index in [1.165, 1.54) is 0 Å². The molecule has 0 unspecified atom stereocenters. The summed E-state index contributed by atoms with van der Waals surface area (Å²) in [5.74, 6) is 0. The summed E-state index contributed by atoms with van der Waals surface area (Å²) in [6.07, 6.45) is 3.29. The second-order valence-corrected chi connectivity index (χ2v) is 6.77. The summed E-state index contributed by atoms with van der Waals surface area (Å²) < 4.78 is 2.17. The summed E-state index contributed by atoms with van der Waals surface area (Å²) in [6.45, 7) is 2.12. The van der Waals surface area contributed by atoms with E-state index in [1.54, 1.807) is 0 Å². The first-order valence-corrected chi connectivity index (χ1v) is 12.1. The minimum absolute atomic E-state index is 0.877. The Bertz CT molecular complexity index is 36.8. The van der Waals surface area contributed by atoms with Crippen molar-refractivity contribution in [2.45, 2.75) is 13.3 Å². The molecule has 0 amide bonds. The molecule has 0 aliphatic heterocycles. The number of hydrogen-bond donors (Lipinski definition) is 0. The number of allylic oxidation sites excluding steroid dienone is 1. The molecule has 0 aromatic carbocycles. The van der Waals surface area contributed by atoms with E-state index in [9.17, 15) is 0 Å². The fraction of sp³-hybridized carbons (Fsp3) is 0.500. The van der Waals surface area contributed by atoms with Crippen LogP contribution in [0.3, 0.4) is 0 Å². The van der Waals surface area contributed by atoms with Crippen LogP contribution in [0.15, 0.2) is 9.66 Å². The Morgan fingerprint density at radius 2 is 2.50 bits per heavy atom. The van der Waals surface area contributed by atoms with Crippen LogP contribution < -0.4 is 0 Å². The van der Waals surface area contributed by atoms with Gasteiger partial charge < -0.3 is 0 Å². The third-order valence-electron chi connectivity index (χ3n) is 0.491. The Labute approximate surface area is 54.4 Å². The summed E-state index contributed by atoms with van der Waals surface area (Å²) in [5.41, 5.74) is 0. The normalized spacial score (nSPS) is 9.00. The Kier molecular flexibility index (Phi) is 6.92. The third-order valence-corrected chi connectivity index (χ3v) is 4.04. The van der Waals surface area contributed by atoms with E-state index in [0.29, 0.717) is 0 Å². The van der Waals surface area contributed by atoms with E-state index in [1.807, 2.05) is 0 Å². The van der Waals surface area contributed by atoms with Crippen LogP contribution in [0.5, 0.6) is 0 Å². The molecule has 0 saturated carbocycles. The number of hydrogen-bond acceptors (Lipinski definition) is 0. The number of rotatable bonds is 2.